The Bertz CT molecular complexity index is 301. The van der Waals surface area contributed by atoms with Crippen LogP contribution in [-0.2, 0) is 0 Å². The van der Waals surface area contributed by atoms with E-state index < -0.39 is 0 Å². The van der Waals surface area contributed by atoms with Gasteiger partial charge < -0.3 is 5.73 Å². The van der Waals surface area contributed by atoms with E-state index in [0.717, 1.165) is 5.01 Å². The highest BCUT2D eigenvalue weighted by molar-refractivity contribution is 7.11. The van der Waals surface area contributed by atoms with Crippen molar-refractivity contribution >= 4 is 22.7 Å². The van der Waals surface area contributed by atoms with E-state index in [-0.39, 0.29) is 0 Å². The number of nitrogens with two attached hydrogens (primary N) is 1. The molecule has 0 spiro atoms. The van der Waals surface area contributed by atoms with E-state index in [4.69, 9.17) is 5.73 Å². The summed E-state index contributed by atoms with van der Waals surface area (Å²) in [7, 11) is 0. The van der Waals surface area contributed by atoms with Gasteiger partial charge in [0.05, 0.1) is 0 Å². The Balaban J connectivity index is 2.23. The first-order valence-electron chi connectivity index (χ1n) is 4.26. The first-order chi connectivity index (χ1) is 5.86. The summed E-state index contributed by atoms with van der Waals surface area (Å²) >= 11 is 1.65. The van der Waals surface area contributed by atoms with Gasteiger partial charge in [-0.05, 0) is 31.3 Å². The molecule has 0 amide bonds. The van der Waals surface area contributed by atoms with Gasteiger partial charge in [-0.1, -0.05) is 6.08 Å². The van der Waals surface area contributed by atoms with Crippen molar-refractivity contribution in [3.8, 4) is 0 Å². The maximum Gasteiger partial charge on any atom is 0.135 e. The maximum atomic E-state index is 5.56. The lowest BCUT2D eigenvalue weighted by molar-refractivity contribution is 0.741. The van der Waals surface area contributed by atoms with Crippen LogP contribution in [0.1, 0.15) is 30.7 Å². The van der Waals surface area contributed by atoms with Gasteiger partial charge in [-0.3, -0.25) is 0 Å². The third kappa shape index (κ3) is 1.50. The molecule has 64 valence electrons. The number of nitrogens with zero attached hydrogens (tertiary/aromatic N) is 1. The van der Waals surface area contributed by atoms with Gasteiger partial charge in [-0.15, -0.1) is 11.3 Å². The Morgan fingerprint density at radius 1 is 1.42 bits per heavy atom. The average molecular weight is 180 g/mol. The SMILES string of the molecule is Nc1csc(C2=CCCCC2)n1. The number of nitrogen functional groups attached to an aromatic ring is 1. The van der Waals surface area contributed by atoms with E-state index >= 15 is 0 Å². The lowest BCUT2D eigenvalue weighted by atomic mass is 10.0. The Labute approximate surface area is 76.1 Å². The zero-order valence-electron chi connectivity index (χ0n) is 6.92. The van der Waals surface area contributed by atoms with Crippen LogP contribution in [-0.4, -0.2) is 4.98 Å². The molecule has 0 unspecified atom stereocenters. The number of aromatic nitrogens is 1. The summed E-state index contributed by atoms with van der Waals surface area (Å²) in [5.74, 6) is 0.654. The fraction of sp³-hybridized carbons (Fsp3) is 0.444. The molecule has 1 heterocycles. The van der Waals surface area contributed by atoms with Crippen molar-refractivity contribution in [2.24, 2.45) is 0 Å². The lowest BCUT2D eigenvalue weighted by Gasteiger charge is -2.08. The Hall–Kier alpha value is -0.830. The van der Waals surface area contributed by atoms with Gasteiger partial charge in [-0.2, -0.15) is 0 Å². The van der Waals surface area contributed by atoms with E-state index in [0.29, 0.717) is 5.82 Å². The van der Waals surface area contributed by atoms with Crippen LogP contribution in [0.5, 0.6) is 0 Å². The van der Waals surface area contributed by atoms with Crippen molar-refractivity contribution in [3.63, 3.8) is 0 Å². The summed E-state index contributed by atoms with van der Waals surface area (Å²) in [5, 5.41) is 3.03. The van der Waals surface area contributed by atoms with Crippen LogP contribution < -0.4 is 5.73 Å². The topological polar surface area (TPSA) is 38.9 Å². The fourth-order valence-electron chi connectivity index (χ4n) is 1.47. The Kier molecular flexibility index (Phi) is 2.13. The molecule has 3 heteroatoms. The minimum atomic E-state index is 0.654. The average Bonchev–Trinajstić information content (AvgIpc) is 2.54. The van der Waals surface area contributed by atoms with E-state index in [1.54, 1.807) is 11.3 Å². The van der Waals surface area contributed by atoms with Crippen molar-refractivity contribution in [2.75, 3.05) is 5.73 Å². The quantitative estimate of drug-likeness (QED) is 0.721. The van der Waals surface area contributed by atoms with E-state index in [1.807, 2.05) is 5.38 Å². The predicted molar refractivity (Wildman–Crippen MR) is 53.0 cm³/mol. The third-order valence-corrected chi connectivity index (χ3v) is 3.02. The van der Waals surface area contributed by atoms with Gasteiger partial charge in [0.2, 0.25) is 0 Å². The van der Waals surface area contributed by atoms with Gasteiger partial charge in [0, 0.05) is 5.38 Å². The van der Waals surface area contributed by atoms with Gasteiger partial charge >= 0.3 is 0 Å². The van der Waals surface area contributed by atoms with Crippen LogP contribution in [0.4, 0.5) is 5.82 Å². The summed E-state index contributed by atoms with van der Waals surface area (Å²) in [6, 6.07) is 0. The van der Waals surface area contributed by atoms with Crippen LogP contribution in [0.15, 0.2) is 11.5 Å². The molecule has 0 radical (unpaired) electrons. The second-order valence-corrected chi connectivity index (χ2v) is 3.91. The molecule has 1 aliphatic rings. The second kappa shape index (κ2) is 3.27. The first kappa shape index (κ1) is 7.80. The van der Waals surface area contributed by atoms with Crippen molar-refractivity contribution in [1.29, 1.82) is 0 Å². The molecule has 0 bridgehead atoms. The molecule has 12 heavy (non-hydrogen) atoms. The molecule has 2 nitrogen and oxygen atoms in total. The number of rotatable bonds is 1. The van der Waals surface area contributed by atoms with Crippen LogP contribution in [0.2, 0.25) is 0 Å². The highest BCUT2D eigenvalue weighted by Crippen LogP contribution is 2.29. The Morgan fingerprint density at radius 3 is 2.92 bits per heavy atom. The monoisotopic (exact) mass is 180 g/mol. The van der Waals surface area contributed by atoms with Crippen molar-refractivity contribution in [2.45, 2.75) is 25.7 Å². The minimum absolute atomic E-state index is 0.654. The maximum absolute atomic E-state index is 5.56. The molecule has 0 saturated heterocycles. The lowest BCUT2D eigenvalue weighted by Crippen LogP contribution is -1.91. The van der Waals surface area contributed by atoms with Gasteiger partial charge in [0.1, 0.15) is 10.8 Å². The van der Waals surface area contributed by atoms with E-state index in [9.17, 15) is 0 Å². The normalized spacial score (nSPS) is 17.5. The minimum Gasteiger partial charge on any atom is -0.383 e. The van der Waals surface area contributed by atoms with E-state index in [2.05, 4.69) is 11.1 Å². The molecular formula is C9H12N2S. The summed E-state index contributed by atoms with van der Waals surface area (Å²) in [4.78, 5) is 4.26. The smallest absolute Gasteiger partial charge is 0.135 e. The fourth-order valence-corrected chi connectivity index (χ4v) is 2.25. The number of allylic oxidation sites excluding steroid dienone is 2. The second-order valence-electron chi connectivity index (χ2n) is 3.05. The highest BCUT2D eigenvalue weighted by Gasteiger charge is 2.08. The number of hydrogen-bond acceptors (Lipinski definition) is 3. The van der Waals surface area contributed by atoms with Crippen molar-refractivity contribution in [1.82, 2.24) is 4.98 Å². The highest BCUT2D eigenvalue weighted by atomic mass is 32.1. The standard InChI is InChI=1S/C9H12N2S/c10-8-6-12-9(11-8)7-4-2-1-3-5-7/h4,6H,1-3,5,10H2. The molecule has 0 saturated carbocycles. The molecule has 1 aromatic heterocycles. The molecule has 0 atom stereocenters. The largest absolute Gasteiger partial charge is 0.383 e. The molecule has 1 aliphatic carbocycles. The van der Waals surface area contributed by atoms with Crippen LogP contribution in [0, 0.1) is 0 Å². The number of hydrogen-bond donors (Lipinski definition) is 1. The molecule has 0 fully saturated rings. The van der Waals surface area contributed by atoms with Crippen molar-refractivity contribution in [3.05, 3.63) is 16.5 Å². The summed E-state index contributed by atoms with van der Waals surface area (Å²) in [5.41, 5.74) is 6.95. The molecule has 1 aromatic rings. The van der Waals surface area contributed by atoms with Crippen LogP contribution in [0.25, 0.3) is 5.57 Å². The summed E-state index contributed by atoms with van der Waals surface area (Å²) in [6.45, 7) is 0. The van der Waals surface area contributed by atoms with E-state index in [1.165, 1.54) is 31.3 Å². The van der Waals surface area contributed by atoms with Crippen LogP contribution >= 0.6 is 11.3 Å². The predicted octanol–water partition coefficient (Wildman–Crippen LogP) is 2.68. The summed E-state index contributed by atoms with van der Waals surface area (Å²) in [6.07, 6.45) is 7.29. The number of anilines is 1. The zero-order chi connectivity index (χ0) is 8.39. The Morgan fingerprint density at radius 2 is 2.33 bits per heavy atom. The van der Waals surface area contributed by atoms with Crippen molar-refractivity contribution < 1.29 is 0 Å². The zero-order valence-corrected chi connectivity index (χ0v) is 7.73. The number of thiazole rings is 1. The molecular weight excluding hydrogens is 168 g/mol. The third-order valence-electron chi connectivity index (χ3n) is 2.09. The first-order valence-corrected chi connectivity index (χ1v) is 5.14. The van der Waals surface area contributed by atoms with Gasteiger partial charge in [0.15, 0.2) is 0 Å². The van der Waals surface area contributed by atoms with Gasteiger partial charge in [0.25, 0.3) is 0 Å². The molecule has 2 rings (SSSR count). The molecule has 0 aromatic carbocycles. The molecule has 2 N–H and O–H groups in total. The van der Waals surface area contributed by atoms with Gasteiger partial charge in [-0.25, -0.2) is 4.98 Å². The summed E-state index contributed by atoms with van der Waals surface area (Å²) < 4.78 is 0. The molecule has 0 aliphatic heterocycles. The van der Waals surface area contributed by atoms with Crippen LogP contribution in [0.3, 0.4) is 0 Å².